The Balaban J connectivity index is 1.83. The Labute approximate surface area is 122 Å². The monoisotopic (exact) mass is 278 g/mol. The third-order valence-corrected chi connectivity index (χ3v) is 4.30. The number of benzene rings is 1. The Morgan fingerprint density at radius 2 is 1.63 bits per heavy atom. The second-order valence-electron chi connectivity index (χ2n) is 6.31. The van der Waals surface area contributed by atoms with Crippen LogP contribution in [0.3, 0.4) is 0 Å². The lowest BCUT2D eigenvalue weighted by Crippen LogP contribution is -2.35. The van der Waals surface area contributed by atoms with Crippen LogP contribution in [0.25, 0.3) is 0 Å². The summed E-state index contributed by atoms with van der Waals surface area (Å²) in [7, 11) is 0. The van der Waals surface area contributed by atoms with Crippen molar-refractivity contribution in [1.82, 2.24) is 10.2 Å². The lowest BCUT2D eigenvalue weighted by Gasteiger charge is -2.26. The molecule has 1 aliphatic heterocycles. The molecule has 1 N–H and O–H groups in total. The average Bonchev–Trinajstić information content (AvgIpc) is 2.38. The Hall–Kier alpha value is -0.510. The van der Waals surface area contributed by atoms with Crippen LogP contribution in [0.15, 0.2) is 24.3 Å². The fraction of sp³-hybridized carbons (Fsp3) is 0.625. The summed E-state index contributed by atoms with van der Waals surface area (Å²) in [5.41, 5.74) is 2.99. The first kappa shape index (κ1) is 14.9. The maximum absolute atomic E-state index is 3.53. The molecule has 1 aromatic carbocycles. The summed E-state index contributed by atoms with van der Waals surface area (Å²) >= 11 is 2.07. The van der Waals surface area contributed by atoms with Crippen molar-refractivity contribution >= 4 is 11.8 Å². The second-order valence-corrected chi connectivity index (χ2v) is 7.53. The van der Waals surface area contributed by atoms with Crippen molar-refractivity contribution in [3.05, 3.63) is 35.4 Å². The predicted molar refractivity (Wildman–Crippen MR) is 85.6 cm³/mol. The van der Waals surface area contributed by atoms with E-state index in [1.807, 2.05) is 0 Å². The molecule has 0 aliphatic carbocycles. The van der Waals surface area contributed by atoms with Gasteiger partial charge in [-0.1, -0.05) is 24.3 Å². The number of nitrogens with one attached hydrogen (secondary N) is 1. The summed E-state index contributed by atoms with van der Waals surface area (Å²) in [6, 6.07) is 9.07. The van der Waals surface area contributed by atoms with E-state index in [1.165, 1.54) is 35.7 Å². The van der Waals surface area contributed by atoms with E-state index in [4.69, 9.17) is 0 Å². The zero-order valence-corrected chi connectivity index (χ0v) is 13.2. The molecule has 0 spiro atoms. The minimum atomic E-state index is 0.185. The van der Waals surface area contributed by atoms with Crippen molar-refractivity contribution in [3.8, 4) is 0 Å². The highest BCUT2D eigenvalue weighted by Gasteiger charge is 2.11. The molecule has 3 heteroatoms. The van der Waals surface area contributed by atoms with Gasteiger partial charge in [-0.3, -0.25) is 4.90 Å². The first-order valence-corrected chi connectivity index (χ1v) is 8.31. The molecule has 0 saturated carbocycles. The van der Waals surface area contributed by atoms with E-state index in [0.717, 1.165) is 13.1 Å². The van der Waals surface area contributed by atoms with Gasteiger partial charge in [0, 0.05) is 43.2 Å². The van der Waals surface area contributed by atoms with Crippen molar-refractivity contribution in [2.45, 2.75) is 39.4 Å². The summed E-state index contributed by atoms with van der Waals surface area (Å²) < 4.78 is 0. The van der Waals surface area contributed by atoms with Gasteiger partial charge in [-0.2, -0.15) is 11.8 Å². The van der Waals surface area contributed by atoms with Crippen molar-refractivity contribution in [1.29, 1.82) is 0 Å². The number of rotatable bonds is 4. The Kier molecular flexibility index (Phi) is 5.31. The van der Waals surface area contributed by atoms with Gasteiger partial charge in [0.25, 0.3) is 0 Å². The zero-order valence-electron chi connectivity index (χ0n) is 12.4. The highest BCUT2D eigenvalue weighted by Crippen LogP contribution is 2.14. The molecular weight excluding hydrogens is 252 g/mol. The van der Waals surface area contributed by atoms with Gasteiger partial charge in [-0.05, 0) is 31.9 Å². The van der Waals surface area contributed by atoms with Crippen LogP contribution in [0.4, 0.5) is 0 Å². The summed E-state index contributed by atoms with van der Waals surface area (Å²) in [6.07, 6.45) is 0. The van der Waals surface area contributed by atoms with Gasteiger partial charge in [-0.15, -0.1) is 0 Å². The first-order chi connectivity index (χ1) is 9.03. The predicted octanol–water partition coefficient (Wildman–Crippen LogP) is 3.12. The van der Waals surface area contributed by atoms with Gasteiger partial charge in [0.1, 0.15) is 0 Å². The zero-order chi connectivity index (χ0) is 13.7. The van der Waals surface area contributed by atoms with Crippen LogP contribution in [-0.4, -0.2) is 35.0 Å². The normalized spacial score (nSPS) is 17.6. The minimum absolute atomic E-state index is 0.185. The van der Waals surface area contributed by atoms with Crippen LogP contribution in [0, 0.1) is 0 Å². The molecule has 0 atom stereocenters. The Morgan fingerprint density at radius 3 is 2.21 bits per heavy atom. The SMILES string of the molecule is CC(C)(C)NCc1ccc(CN2CCSCC2)cc1. The van der Waals surface area contributed by atoms with Gasteiger partial charge in [0.15, 0.2) is 0 Å². The van der Waals surface area contributed by atoms with E-state index in [2.05, 4.69) is 67.0 Å². The number of hydrogen-bond acceptors (Lipinski definition) is 3. The second kappa shape index (κ2) is 6.78. The quantitative estimate of drug-likeness (QED) is 0.911. The summed E-state index contributed by atoms with van der Waals surface area (Å²) in [5.74, 6) is 2.57. The van der Waals surface area contributed by atoms with Crippen LogP contribution < -0.4 is 5.32 Å². The molecule has 106 valence electrons. The van der Waals surface area contributed by atoms with E-state index in [9.17, 15) is 0 Å². The summed E-state index contributed by atoms with van der Waals surface area (Å²) in [5, 5.41) is 3.53. The largest absolute Gasteiger partial charge is 0.308 e. The molecule has 1 aromatic rings. The van der Waals surface area contributed by atoms with E-state index in [0.29, 0.717) is 0 Å². The van der Waals surface area contributed by atoms with Crippen LogP contribution in [0.1, 0.15) is 31.9 Å². The lowest BCUT2D eigenvalue weighted by atomic mass is 10.1. The van der Waals surface area contributed by atoms with Crippen LogP contribution in [-0.2, 0) is 13.1 Å². The molecule has 1 heterocycles. The fourth-order valence-corrected chi connectivity index (χ4v) is 3.13. The van der Waals surface area contributed by atoms with Crippen molar-refractivity contribution in [3.63, 3.8) is 0 Å². The minimum Gasteiger partial charge on any atom is -0.308 e. The number of nitrogens with zero attached hydrogens (tertiary/aromatic N) is 1. The van der Waals surface area contributed by atoms with E-state index < -0.39 is 0 Å². The van der Waals surface area contributed by atoms with E-state index >= 15 is 0 Å². The molecule has 2 rings (SSSR count). The van der Waals surface area contributed by atoms with Crippen molar-refractivity contribution in [2.75, 3.05) is 24.6 Å². The van der Waals surface area contributed by atoms with E-state index in [1.54, 1.807) is 0 Å². The molecule has 2 nitrogen and oxygen atoms in total. The van der Waals surface area contributed by atoms with Crippen LogP contribution in [0.5, 0.6) is 0 Å². The summed E-state index contributed by atoms with van der Waals surface area (Å²) in [4.78, 5) is 2.55. The maximum atomic E-state index is 3.53. The first-order valence-electron chi connectivity index (χ1n) is 7.16. The third-order valence-electron chi connectivity index (χ3n) is 3.36. The van der Waals surface area contributed by atoms with Gasteiger partial charge in [-0.25, -0.2) is 0 Å². The molecule has 0 unspecified atom stereocenters. The topological polar surface area (TPSA) is 15.3 Å². The Morgan fingerprint density at radius 1 is 1.05 bits per heavy atom. The molecule has 0 bridgehead atoms. The van der Waals surface area contributed by atoms with Gasteiger partial charge in [0.05, 0.1) is 0 Å². The number of hydrogen-bond donors (Lipinski definition) is 1. The molecule has 0 radical (unpaired) electrons. The van der Waals surface area contributed by atoms with Crippen molar-refractivity contribution in [2.24, 2.45) is 0 Å². The van der Waals surface area contributed by atoms with Crippen LogP contribution >= 0.6 is 11.8 Å². The highest BCUT2D eigenvalue weighted by molar-refractivity contribution is 7.99. The molecule has 0 amide bonds. The molecule has 1 saturated heterocycles. The highest BCUT2D eigenvalue weighted by atomic mass is 32.2. The smallest absolute Gasteiger partial charge is 0.0234 e. The lowest BCUT2D eigenvalue weighted by molar-refractivity contribution is 0.294. The fourth-order valence-electron chi connectivity index (χ4n) is 2.15. The van der Waals surface area contributed by atoms with Gasteiger partial charge >= 0.3 is 0 Å². The third kappa shape index (κ3) is 5.55. The molecule has 0 aromatic heterocycles. The van der Waals surface area contributed by atoms with Crippen molar-refractivity contribution < 1.29 is 0 Å². The molecule has 1 aliphatic rings. The molecule has 1 fully saturated rings. The standard InChI is InChI=1S/C16H26N2S/c1-16(2,3)17-12-14-4-6-15(7-5-14)13-18-8-10-19-11-9-18/h4-7,17H,8-13H2,1-3H3. The summed E-state index contributed by atoms with van der Waals surface area (Å²) in [6.45, 7) is 11.1. The maximum Gasteiger partial charge on any atom is 0.0234 e. The molecular formula is C16H26N2S. The Bertz CT molecular complexity index is 375. The van der Waals surface area contributed by atoms with E-state index in [-0.39, 0.29) is 5.54 Å². The number of thioether (sulfide) groups is 1. The van der Waals surface area contributed by atoms with Gasteiger partial charge < -0.3 is 5.32 Å². The van der Waals surface area contributed by atoms with Crippen LogP contribution in [0.2, 0.25) is 0 Å². The average molecular weight is 278 g/mol. The molecule has 19 heavy (non-hydrogen) atoms. The van der Waals surface area contributed by atoms with Gasteiger partial charge in [0.2, 0.25) is 0 Å².